The van der Waals surface area contributed by atoms with Crippen molar-refractivity contribution in [3.05, 3.63) is 33.8 Å². The molecule has 94 valence electrons. The molecular formula is C13H16Cl2O2. The minimum absolute atomic E-state index is 0.133. The third-order valence-corrected chi connectivity index (χ3v) is 3.64. The molecule has 1 aromatic carbocycles. The number of halogens is 2. The molecule has 0 aliphatic carbocycles. The molecule has 0 heterocycles. The van der Waals surface area contributed by atoms with Crippen molar-refractivity contribution < 1.29 is 9.90 Å². The number of carbonyl (C=O) groups is 1. The quantitative estimate of drug-likeness (QED) is 0.890. The lowest BCUT2D eigenvalue weighted by molar-refractivity contribution is -0.137. The first kappa shape index (κ1) is 14.5. The third-order valence-electron chi connectivity index (χ3n) is 3.05. The van der Waals surface area contributed by atoms with Gasteiger partial charge in [-0.2, -0.15) is 0 Å². The molecule has 17 heavy (non-hydrogen) atoms. The summed E-state index contributed by atoms with van der Waals surface area (Å²) in [5.74, 6) is -0.202. The van der Waals surface area contributed by atoms with Gasteiger partial charge in [0.05, 0.1) is 0 Å². The van der Waals surface area contributed by atoms with Crippen LogP contribution in [0.1, 0.15) is 32.3 Å². The SMILES string of the molecule is CCC(O)(CC)C(=O)Cc1ccc(Cl)cc1Cl. The van der Waals surface area contributed by atoms with E-state index >= 15 is 0 Å². The topological polar surface area (TPSA) is 37.3 Å². The Bertz CT molecular complexity index is 412. The van der Waals surface area contributed by atoms with Crippen LogP contribution in [0.25, 0.3) is 0 Å². The summed E-state index contributed by atoms with van der Waals surface area (Å²) in [7, 11) is 0. The summed E-state index contributed by atoms with van der Waals surface area (Å²) in [5.41, 5.74) is -0.551. The standard InChI is InChI=1S/C13H16Cl2O2/c1-3-13(17,4-2)12(16)7-9-5-6-10(14)8-11(9)15/h5-6,8,17H,3-4,7H2,1-2H3. The van der Waals surface area contributed by atoms with Gasteiger partial charge >= 0.3 is 0 Å². The van der Waals surface area contributed by atoms with Gasteiger partial charge in [0.15, 0.2) is 5.78 Å². The Balaban J connectivity index is 2.88. The largest absolute Gasteiger partial charge is 0.382 e. The first-order valence-corrected chi connectivity index (χ1v) is 6.38. The number of benzene rings is 1. The van der Waals surface area contributed by atoms with Crippen molar-refractivity contribution in [1.82, 2.24) is 0 Å². The van der Waals surface area contributed by atoms with Gasteiger partial charge in [-0.05, 0) is 30.5 Å². The molecule has 1 N–H and O–H groups in total. The summed E-state index contributed by atoms with van der Waals surface area (Å²) in [5, 5.41) is 11.1. The molecule has 1 rings (SSSR count). The zero-order valence-corrected chi connectivity index (χ0v) is 11.5. The van der Waals surface area contributed by atoms with Crippen LogP contribution < -0.4 is 0 Å². The highest BCUT2D eigenvalue weighted by Gasteiger charge is 2.31. The Morgan fingerprint density at radius 1 is 1.29 bits per heavy atom. The van der Waals surface area contributed by atoms with E-state index in [0.717, 1.165) is 0 Å². The minimum Gasteiger partial charge on any atom is -0.382 e. The van der Waals surface area contributed by atoms with Gasteiger partial charge in [-0.3, -0.25) is 4.79 Å². The van der Waals surface area contributed by atoms with Crippen LogP contribution >= 0.6 is 23.2 Å². The molecule has 0 aliphatic rings. The van der Waals surface area contributed by atoms with E-state index in [-0.39, 0.29) is 12.2 Å². The zero-order chi connectivity index (χ0) is 13.1. The fraction of sp³-hybridized carbons (Fsp3) is 0.462. The van der Waals surface area contributed by atoms with E-state index in [9.17, 15) is 9.90 Å². The fourth-order valence-electron chi connectivity index (χ4n) is 1.65. The third kappa shape index (κ3) is 3.44. The summed E-state index contributed by atoms with van der Waals surface area (Å²) in [6, 6.07) is 5.00. The predicted octanol–water partition coefficient (Wildman–Crippen LogP) is 3.66. The van der Waals surface area contributed by atoms with Crippen molar-refractivity contribution in [2.75, 3.05) is 0 Å². The van der Waals surface area contributed by atoms with Gasteiger partial charge in [-0.15, -0.1) is 0 Å². The molecule has 0 saturated heterocycles. The van der Waals surface area contributed by atoms with E-state index in [1.165, 1.54) is 0 Å². The van der Waals surface area contributed by atoms with E-state index < -0.39 is 5.60 Å². The smallest absolute Gasteiger partial charge is 0.168 e. The number of ketones is 1. The molecule has 1 aromatic rings. The normalized spacial score (nSPS) is 11.6. The van der Waals surface area contributed by atoms with Crippen LogP contribution in [0.3, 0.4) is 0 Å². The summed E-state index contributed by atoms with van der Waals surface area (Å²) in [4.78, 5) is 12.0. The maximum Gasteiger partial charge on any atom is 0.168 e. The van der Waals surface area contributed by atoms with Gasteiger partial charge in [0.1, 0.15) is 5.60 Å². The molecule has 0 saturated carbocycles. The highest BCUT2D eigenvalue weighted by molar-refractivity contribution is 6.35. The zero-order valence-electron chi connectivity index (χ0n) is 9.96. The van der Waals surface area contributed by atoms with E-state index in [0.29, 0.717) is 28.5 Å². The average molecular weight is 275 g/mol. The van der Waals surface area contributed by atoms with Crippen molar-refractivity contribution in [3.8, 4) is 0 Å². The Kier molecular flexibility index (Phi) is 4.99. The van der Waals surface area contributed by atoms with Crippen molar-refractivity contribution in [2.45, 2.75) is 38.7 Å². The predicted molar refractivity (Wildman–Crippen MR) is 70.7 cm³/mol. The highest BCUT2D eigenvalue weighted by atomic mass is 35.5. The summed E-state index contributed by atoms with van der Waals surface area (Å²) >= 11 is 11.8. The van der Waals surface area contributed by atoms with Crippen molar-refractivity contribution in [2.24, 2.45) is 0 Å². The second-order valence-corrected chi connectivity index (χ2v) is 4.92. The van der Waals surface area contributed by atoms with Crippen LogP contribution in [0.15, 0.2) is 18.2 Å². The number of aliphatic hydroxyl groups is 1. The maximum atomic E-state index is 12.0. The second-order valence-electron chi connectivity index (χ2n) is 4.07. The summed E-state index contributed by atoms with van der Waals surface area (Å²) < 4.78 is 0. The molecule has 0 aromatic heterocycles. The Labute approximate surface area is 112 Å². The molecule has 0 spiro atoms. The van der Waals surface area contributed by atoms with Gasteiger partial charge in [0.25, 0.3) is 0 Å². The van der Waals surface area contributed by atoms with Gasteiger partial charge < -0.3 is 5.11 Å². The van der Waals surface area contributed by atoms with Crippen LogP contribution in [-0.2, 0) is 11.2 Å². The van der Waals surface area contributed by atoms with Crippen LogP contribution in [0.2, 0.25) is 10.0 Å². The Morgan fingerprint density at radius 3 is 2.35 bits per heavy atom. The molecule has 2 nitrogen and oxygen atoms in total. The lowest BCUT2D eigenvalue weighted by Crippen LogP contribution is -2.38. The number of rotatable bonds is 5. The van der Waals surface area contributed by atoms with E-state index in [1.807, 2.05) is 0 Å². The average Bonchev–Trinajstić information content (AvgIpc) is 2.31. The first-order chi connectivity index (χ1) is 7.92. The Hall–Kier alpha value is -0.570. The molecule has 4 heteroatoms. The number of hydrogen-bond acceptors (Lipinski definition) is 2. The second kappa shape index (κ2) is 5.85. The molecule has 0 aliphatic heterocycles. The number of Topliss-reactive ketones (excluding diaryl/α,β-unsaturated/α-hetero) is 1. The van der Waals surface area contributed by atoms with Gasteiger partial charge in [-0.1, -0.05) is 43.1 Å². The summed E-state index contributed by atoms with van der Waals surface area (Å²) in [6.07, 6.45) is 0.954. The van der Waals surface area contributed by atoms with Crippen molar-refractivity contribution in [3.63, 3.8) is 0 Å². The number of hydrogen-bond donors (Lipinski definition) is 1. The van der Waals surface area contributed by atoms with Crippen LogP contribution in [-0.4, -0.2) is 16.5 Å². The van der Waals surface area contributed by atoms with Crippen LogP contribution in [0, 0.1) is 0 Å². The van der Waals surface area contributed by atoms with Crippen LogP contribution in [0.4, 0.5) is 0 Å². The molecule has 0 fully saturated rings. The van der Waals surface area contributed by atoms with E-state index in [2.05, 4.69) is 0 Å². The van der Waals surface area contributed by atoms with E-state index in [1.54, 1.807) is 32.0 Å². The van der Waals surface area contributed by atoms with Crippen molar-refractivity contribution in [1.29, 1.82) is 0 Å². The van der Waals surface area contributed by atoms with E-state index in [4.69, 9.17) is 23.2 Å². The monoisotopic (exact) mass is 274 g/mol. The van der Waals surface area contributed by atoms with Crippen molar-refractivity contribution >= 4 is 29.0 Å². The molecule has 0 unspecified atom stereocenters. The molecular weight excluding hydrogens is 259 g/mol. The molecule has 0 amide bonds. The summed E-state index contributed by atoms with van der Waals surface area (Å²) in [6.45, 7) is 3.59. The Morgan fingerprint density at radius 2 is 1.88 bits per heavy atom. The lowest BCUT2D eigenvalue weighted by atomic mass is 9.88. The lowest BCUT2D eigenvalue weighted by Gasteiger charge is -2.23. The minimum atomic E-state index is -1.25. The van der Waals surface area contributed by atoms with Gasteiger partial charge in [-0.25, -0.2) is 0 Å². The van der Waals surface area contributed by atoms with Gasteiger partial charge in [0.2, 0.25) is 0 Å². The van der Waals surface area contributed by atoms with Crippen LogP contribution in [0.5, 0.6) is 0 Å². The first-order valence-electron chi connectivity index (χ1n) is 5.62. The fourth-order valence-corrected chi connectivity index (χ4v) is 2.12. The highest BCUT2D eigenvalue weighted by Crippen LogP contribution is 2.24. The molecule has 0 atom stereocenters. The molecule has 0 radical (unpaired) electrons. The number of carbonyl (C=O) groups excluding carboxylic acids is 1. The van der Waals surface area contributed by atoms with Gasteiger partial charge in [0, 0.05) is 16.5 Å². The maximum absolute atomic E-state index is 12.0. The molecule has 0 bridgehead atoms.